The van der Waals surface area contributed by atoms with Crippen LogP contribution in [0.15, 0.2) is 12.1 Å². The van der Waals surface area contributed by atoms with Gasteiger partial charge in [0.15, 0.2) is 0 Å². The molecule has 2 aromatic heterocycles. The molecule has 0 aliphatic rings. The number of nitrogens with zero attached hydrogens (tertiary/aromatic N) is 3. The minimum absolute atomic E-state index is 0.0305. The van der Waals surface area contributed by atoms with Crippen molar-refractivity contribution in [1.82, 2.24) is 14.9 Å². The van der Waals surface area contributed by atoms with Crippen LogP contribution in [0.3, 0.4) is 0 Å². The molecule has 0 aliphatic heterocycles. The second-order valence-corrected chi connectivity index (χ2v) is 6.81. The van der Waals surface area contributed by atoms with Crippen LogP contribution in [-0.4, -0.2) is 27.9 Å². The number of nitrogens with one attached hydrogen (secondary N) is 1. The molecule has 0 saturated carbocycles. The summed E-state index contributed by atoms with van der Waals surface area (Å²) in [5.74, 6) is 0.582. The standard InChI is InChI=1S/C16H22N4OS/c1-9-7-10(2)17-14(8-9)19-16(21)20(6)12(4)15-11(3)18-13(5)22-15/h7-8,12H,1-6H3,(H,17,19,21)/t12-/m1/s1. The van der Waals surface area contributed by atoms with Gasteiger partial charge in [-0.2, -0.15) is 0 Å². The molecule has 118 valence electrons. The predicted molar refractivity (Wildman–Crippen MR) is 90.5 cm³/mol. The highest BCUT2D eigenvalue weighted by molar-refractivity contribution is 7.11. The maximum Gasteiger partial charge on any atom is 0.323 e. The number of rotatable bonds is 3. The Morgan fingerprint density at radius 3 is 2.45 bits per heavy atom. The van der Waals surface area contributed by atoms with Crippen LogP contribution in [0.4, 0.5) is 10.6 Å². The molecular formula is C16H22N4OS. The molecule has 0 aromatic carbocycles. The summed E-state index contributed by atoms with van der Waals surface area (Å²) >= 11 is 1.63. The van der Waals surface area contributed by atoms with Gasteiger partial charge in [-0.25, -0.2) is 14.8 Å². The molecule has 2 rings (SSSR count). The summed E-state index contributed by atoms with van der Waals surface area (Å²) in [5.41, 5.74) is 2.95. The van der Waals surface area contributed by atoms with Crippen LogP contribution >= 0.6 is 11.3 Å². The Kier molecular flexibility index (Phi) is 4.81. The van der Waals surface area contributed by atoms with E-state index in [0.29, 0.717) is 5.82 Å². The molecule has 0 saturated heterocycles. The molecule has 2 heterocycles. The molecule has 6 heteroatoms. The molecular weight excluding hydrogens is 296 g/mol. The van der Waals surface area contributed by atoms with Gasteiger partial charge in [0.05, 0.1) is 16.7 Å². The number of carbonyl (C=O) groups is 1. The summed E-state index contributed by atoms with van der Waals surface area (Å²) < 4.78 is 0. The second kappa shape index (κ2) is 6.44. The third kappa shape index (κ3) is 3.62. The molecule has 0 fully saturated rings. The van der Waals surface area contributed by atoms with Crippen LogP contribution in [0.1, 0.15) is 39.8 Å². The monoisotopic (exact) mass is 318 g/mol. The van der Waals surface area contributed by atoms with Crippen molar-refractivity contribution in [2.45, 2.75) is 40.7 Å². The molecule has 1 N–H and O–H groups in total. The summed E-state index contributed by atoms with van der Waals surface area (Å²) in [4.78, 5) is 24.0. The van der Waals surface area contributed by atoms with Gasteiger partial charge in [-0.15, -0.1) is 11.3 Å². The molecule has 0 aliphatic carbocycles. The fourth-order valence-electron chi connectivity index (χ4n) is 2.39. The zero-order valence-corrected chi connectivity index (χ0v) is 14.7. The fraction of sp³-hybridized carbons (Fsp3) is 0.438. The maximum absolute atomic E-state index is 12.4. The Morgan fingerprint density at radius 1 is 1.23 bits per heavy atom. The van der Waals surface area contributed by atoms with Gasteiger partial charge in [-0.05, 0) is 52.3 Å². The first-order chi connectivity index (χ1) is 10.3. The third-order valence-corrected chi connectivity index (χ3v) is 4.80. The number of pyridine rings is 1. The van der Waals surface area contributed by atoms with Crippen LogP contribution in [0.5, 0.6) is 0 Å². The summed E-state index contributed by atoms with van der Waals surface area (Å²) in [7, 11) is 1.79. The van der Waals surface area contributed by atoms with Crippen LogP contribution in [0, 0.1) is 27.7 Å². The van der Waals surface area contributed by atoms with Gasteiger partial charge in [0.25, 0.3) is 0 Å². The molecule has 22 heavy (non-hydrogen) atoms. The molecule has 0 bridgehead atoms. The van der Waals surface area contributed by atoms with E-state index in [0.717, 1.165) is 26.8 Å². The number of hydrogen-bond acceptors (Lipinski definition) is 4. The van der Waals surface area contributed by atoms with Gasteiger partial charge in [0.1, 0.15) is 5.82 Å². The van der Waals surface area contributed by atoms with E-state index in [1.165, 1.54) is 0 Å². The summed E-state index contributed by atoms with van der Waals surface area (Å²) in [6.45, 7) is 9.87. The van der Waals surface area contributed by atoms with Gasteiger partial charge in [-0.1, -0.05) is 0 Å². The maximum atomic E-state index is 12.4. The van der Waals surface area contributed by atoms with Gasteiger partial charge < -0.3 is 4.90 Å². The van der Waals surface area contributed by atoms with Gasteiger partial charge >= 0.3 is 6.03 Å². The van der Waals surface area contributed by atoms with E-state index in [1.54, 1.807) is 23.3 Å². The molecule has 0 spiro atoms. The van der Waals surface area contributed by atoms with Crippen LogP contribution in [0.25, 0.3) is 0 Å². The predicted octanol–water partition coefficient (Wildman–Crippen LogP) is 4.00. The number of aryl methyl sites for hydroxylation is 4. The van der Waals surface area contributed by atoms with E-state index < -0.39 is 0 Å². The van der Waals surface area contributed by atoms with E-state index in [-0.39, 0.29) is 12.1 Å². The second-order valence-electron chi connectivity index (χ2n) is 5.57. The average molecular weight is 318 g/mol. The number of thiazole rings is 1. The molecule has 0 unspecified atom stereocenters. The van der Waals surface area contributed by atoms with Crippen molar-refractivity contribution in [1.29, 1.82) is 0 Å². The summed E-state index contributed by atoms with van der Waals surface area (Å²) in [5, 5.41) is 3.88. The van der Waals surface area contributed by atoms with Crippen molar-refractivity contribution in [3.63, 3.8) is 0 Å². The zero-order chi connectivity index (χ0) is 16.4. The van der Waals surface area contributed by atoms with Crippen LogP contribution in [0.2, 0.25) is 0 Å². The lowest BCUT2D eigenvalue weighted by molar-refractivity contribution is 0.209. The first-order valence-electron chi connectivity index (χ1n) is 7.21. The lowest BCUT2D eigenvalue weighted by Crippen LogP contribution is -2.33. The SMILES string of the molecule is Cc1cc(C)nc(NC(=O)N(C)[C@H](C)c2sc(C)nc2C)c1. The average Bonchev–Trinajstić information content (AvgIpc) is 2.74. The number of anilines is 1. The van der Waals surface area contributed by atoms with E-state index in [4.69, 9.17) is 0 Å². The molecule has 1 atom stereocenters. The highest BCUT2D eigenvalue weighted by Gasteiger charge is 2.21. The van der Waals surface area contributed by atoms with Crippen molar-refractivity contribution in [3.8, 4) is 0 Å². The van der Waals surface area contributed by atoms with Crippen LogP contribution < -0.4 is 5.32 Å². The Bertz CT molecular complexity index is 675. The topological polar surface area (TPSA) is 58.1 Å². The Balaban J connectivity index is 2.13. The first kappa shape index (κ1) is 16.4. The van der Waals surface area contributed by atoms with Gasteiger partial charge in [0.2, 0.25) is 0 Å². The zero-order valence-electron chi connectivity index (χ0n) is 13.9. The Hall–Kier alpha value is -1.95. The number of carbonyl (C=O) groups excluding carboxylic acids is 1. The van der Waals surface area contributed by atoms with Crippen molar-refractivity contribution >= 4 is 23.2 Å². The van der Waals surface area contributed by atoms with E-state index in [2.05, 4.69) is 15.3 Å². The lowest BCUT2D eigenvalue weighted by atomic mass is 10.2. The normalized spacial score (nSPS) is 12.1. The summed E-state index contributed by atoms with van der Waals surface area (Å²) in [6, 6.07) is 3.64. The quantitative estimate of drug-likeness (QED) is 0.930. The lowest BCUT2D eigenvalue weighted by Gasteiger charge is -2.24. The summed E-state index contributed by atoms with van der Waals surface area (Å²) in [6.07, 6.45) is 0. The van der Waals surface area contributed by atoms with E-state index in [1.807, 2.05) is 46.8 Å². The van der Waals surface area contributed by atoms with Gasteiger partial charge in [0, 0.05) is 17.6 Å². The highest BCUT2D eigenvalue weighted by atomic mass is 32.1. The van der Waals surface area contributed by atoms with Crippen molar-refractivity contribution in [2.75, 3.05) is 12.4 Å². The number of urea groups is 1. The van der Waals surface area contributed by atoms with Crippen molar-refractivity contribution < 1.29 is 4.79 Å². The minimum atomic E-state index is -0.171. The molecule has 0 radical (unpaired) electrons. The molecule has 5 nitrogen and oxygen atoms in total. The van der Waals surface area contributed by atoms with Crippen molar-refractivity contribution in [3.05, 3.63) is 39.0 Å². The van der Waals surface area contributed by atoms with E-state index in [9.17, 15) is 4.79 Å². The third-order valence-electron chi connectivity index (χ3n) is 3.55. The highest BCUT2D eigenvalue weighted by Crippen LogP contribution is 2.28. The first-order valence-corrected chi connectivity index (χ1v) is 8.02. The smallest absolute Gasteiger partial charge is 0.320 e. The molecule has 2 aromatic rings. The van der Waals surface area contributed by atoms with Gasteiger partial charge in [-0.3, -0.25) is 5.32 Å². The number of amides is 2. The van der Waals surface area contributed by atoms with Crippen LogP contribution in [-0.2, 0) is 0 Å². The fourth-order valence-corrected chi connectivity index (χ4v) is 3.41. The number of aromatic nitrogens is 2. The van der Waals surface area contributed by atoms with E-state index >= 15 is 0 Å². The Labute approximate surface area is 135 Å². The van der Waals surface area contributed by atoms with Crippen molar-refractivity contribution in [2.24, 2.45) is 0 Å². The molecule has 2 amide bonds. The number of hydrogen-bond donors (Lipinski definition) is 1. The minimum Gasteiger partial charge on any atom is -0.320 e. The Morgan fingerprint density at radius 2 is 1.91 bits per heavy atom. The largest absolute Gasteiger partial charge is 0.323 e.